The Kier molecular flexibility index (Phi) is 7.22. The summed E-state index contributed by atoms with van der Waals surface area (Å²) in [5, 5.41) is 16.6. The van der Waals surface area contributed by atoms with E-state index < -0.39 is 23.8 Å². The van der Waals surface area contributed by atoms with Gasteiger partial charge in [0.25, 0.3) is 0 Å². The molecule has 2 unspecified atom stereocenters. The number of rotatable bonds is 7. The average Bonchev–Trinajstić information content (AvgIpc) is 3.17. The largest absolute Gasteiger partial charge is 0.481 e. The summed E-state index contributed by atoms with van der Waals surface area (Å²) in [4.78, 5) is 25.2. The first-order chi connectivity index (χ1) is 14.4. The highest BCUT2D eigenvalue weighted by atomic mass is 32.1. The van der Waals surface area contributed by atoms with Crippen molar-refractivity contribution in [2.45, 2.75) is 30.7 Å². The molecular weight excluding hydrogens is 411 g/mol. The summed E-state index contributed by atoms with van der Waals surface area (Å²) in [6.07, 6.45) is 3.96. The van der Waals surface area contributed by atoms with Crippen LogP contribution in [0.25, 0.3) is 6.08 Å². The number of carbonyl (C=O) groups excluding carboxylic acids is 1. The smallest absolute Gasteiger partial charge is 0.327 e. The van der Waals surface area contributed by atoms with Gasteiger partial charge in [-0.3, -0.25) is 9.69 Å². The molecule has 160 valence electrons. The molecule has 0 spiro atoms. The van der Waals surface area contributed by atoms with Crippen LogP contribution in [0.4, 0.5) is 4.39 Å². The molecular formula is C20H23FN4O4S. The predicted molar refractivity (Wildman–Crippen MR) is 110 cm³/mol. The van der Waals surface area contributed by atoms with Crippen LogP contribution in [-0.4, -0.2) is 62.4 Å². The lowest BCUT2D eigenvalue weighted by molar-refractivity contribution is -0.147. The molecule has 1 aliphatic heterocycles. The number of ether oxygens (including phenoxy) is 1. The number of aromatic nitrogens is 3. The van der Waals surface area contributed by atoms with E-state index in [0.29, 0.717) is 25.2 Å². The summed E-state index contributed by atoms with van der Waals surface area (Å²) in [6.45, 7) is 1.10. The summed E-state index contributed by atoms with van der Waals surface area (Å²) >= 11 is 4.65. The van der Waals surface area contributed by atoms with E-state index in [-0.39, 0.29) is 23.8 Å². The van der Waals surface area contributed by atoms with Crippen molar-refractivity contribution in [3.8, 4) is 0 Å². The van der Waals surface area contributed by atoms with E-state index in [1.165, 1.54) is 17.9 Å². The lowest BCUT2D eigenvalue weighted by Crippen LogP contribution is -2.42. The molecule has 3 rings (SSSR count). The number of benzene rings is 1. The van der Waals surface area contributed by atoms with Crippen molar-refractivity contribution < 1.29 is 23.8 Å². The molecule has 10 heteroatoms. The zero-order chi connectivity index (χ0) is 21.7. The molecule has 1 saturated heterocycles. The fraction of sp³-hybridized carbons (Fsp3) is 0.400. The highest BCUT2D eigenvalue weighted by Gasteiger charge is 2.34. The van der Waals surface area contributed by atoms with Crippen molar-refractivity contribution >= 4 is 30.6 Å². The van der Waals surface area contributed by atoms with Crippen LogP contribution in [0.2, 0.25) is 0 Å². The molecule has 1 aromatic carbocycles. The molecule has 1 N–H and O–H groups in total. The van der Waals surface area contributed by atoms with Gasteiger partial charge in [-0.2, -0.15) is 12.6 Å². The fourth-order valence-corrected chi connectivity index (χ4v) is 3.75. The van der Waals surface area contributed by atoms with Gasteiger partial charge in [-0.05, 0) is 24.1 Å². The van der Waals surface area contributed by atoms with Gasteiger partial charge < -0.3 is 9.84 Å². The van der Waals surface area contributed by atoms with Gasteiger partial charge in [0.15, 0.2) is 0 Å². The molecule has 30 heavy (non-hydrogen) atoms. The van der Waals surface area contributed by atoms with Gasteiger partial charge in [0, 0.05) is 23.9 Å². The minimum atomic E-state index is -0.925. The Bertz CT molecular complexity index is 948. The summed E-state index contributed by atoms with van der Waals surface area (Å²) in [7, 11) is 1.28. The summed E-state index contributed by atoms with van der Waals surface area (Å²) in [6, 6.07) is 5.28. The number of aryl methyl sites for hydroxylation is 1. The normalized spacial score (nSPS) is 19.6. The number of esters is 1. The summed E-state index contributed by atoms with van der Waals surface area (Å²) in [5.74, 6) is -1.93. The van der Waals surface area contributed by atoms with Crippen LogP contribution in [-0.2, 0) is 20.9 Å². The standard InChI is InChI=1S/C20H23FN4O4S/c1-29-20(28)19(15-4-2-3-5-16(15)21)24-8-6-17(30)13(12-24)10-14-11-22-23-25(14)9-7-18(26)27/h2-5,10-11,17,19,30H,6-9,12H2,1H3,(H,26,27)/b13-10-. The van der Waals surface area contributed by atoms with Crippen LogP contribution in [0.15, 0.2) is 36.0 Å². The Balaban J connectivity index is 1.88. The number of aliphatic carboxylic acids is 1. The highest BCUT2D eigenvalue weighted by Crippen LogP contribution is 2.32. The maximum absolute atomic E-state index is 14.4. The van der Waals surface area contributed by atoms with Crippen molar-refractivity contribution in [3.05, 3.63) is 53.1 Å². The van der Waals surface area contributed by atoms with E-state index in [1.54, 1.807) is 24.4 Å². The molecule has 2 aromatic rings. The van der Waals surface area contributed by atoms with Crippen LogP contribution in [0.5, 0.6) is 0 Å². The monoisotopic (exact) mass is 434 g/mol. The van der Waals surface area contributed by atoms with Crippen molar-refractivity contribution in [1.82, 2.24) is 19.9 Å². The summed E-state index contributed by atoms with van der Waals surface area (Å²) in [5.41, 5.74) is 1.80. The zero-order valence-electron chi connectivity index (χ0n) is 16.4. The van der Waals surface area contributed by atoms with Crippen molar-refractivity contribution in [2.24, 2.45) is 0 Å². The van der Waals surface area contributed by atoms with E-state index in [0.717, 1.165) is 5.57 Å². The van der Waals surface area contributed by atoms with E-state index in [4.69, 9.17) is 9.84 Å². The maximum Gasteiger partial charge on any atom is 0.327 e. The molecule has 1 aromatic heterocycles. The number of carboxylic acids is 1. The molecule has 2 heterocycles. The van der Waals surface area contributed by atoms with Crippen LogP contribution in [0.1, 0.15) is 30.1 Å². The SMILES string of the molecule is COC(=O)C(c1ccccc1F)N1CCC(S)/C(=C\c2cnnn2CCC(=O)O)C1. The topological polar surface area (TPSA) is 97.5 Å². The lowest BCUT2D eigenvalue weighted by Gasteiger charge is -2.36. The Labute approximate surface area is 178 Å². The number of methoxy groups -OCH3 is 1. The second-order valence-corrected chi connectivity index (χ2v) is 7.59. The van der Waals surface area contributed by atoms with E-state index in [2.05, 4.69) is 22.9 Å². The number of piperidine rings is 1. The highest BCUT2D eigenvalue weighted by molar-refractivity contribution is 7.81. The average molecular weight is 434 g/mol. The Morgan fingerprint density at radius 2 is 2.20 bits per heavy atom. The van der Waals surface area contributed by atoms with Gasteiger partial charge in [0.05, 0.1) is 32.0 Å². The first-order valence-corrected chi connectivity index (χ1v) is 9.97. The van der Waals surface area contributed by atoms with Crippen molar-refractivity contribution in [3.63, 3.8) is 0 Å². The number of likely N-dealkylation sites (tertiary alicyclic amines) is 1. The molecule has 0 saturated carbocycles. The minimum Gasteiger partial charge on any atom is -0.481 e. The van der Waals surface area contributed by atoms with E-state index >= 15 is 0 Å². The fourth-order valence-electron chi connectivity index (χ4n) is 3.48. The lowest BCUT2D eigenvalue weighted by atomic mass is 9.97. The molecule has 1 fully saturated rings. The van der Waals surface area contributed by atoms with E-state index in [1.807, 2.05) is 11.0 Å². The first kappa shape index (κ1) is 22.0. The molecule has 1 aliphatic rings. The second-order valence-electron chi connectivity index (χ2n) is 6.97. The van der Waals surface area contributed by atoms with Crippen molar-refractivity contribution in [2.75, 3.05) is 20.2 Å². The van der Waals surface area contributed by atoms with Crippen molar-refractivity contribution in [1.29, 1.82) is 0 Å². The van der Waals surface area contributed by atoms with Gasteiger partial charge in [0.2, 0.25) is 0 Å². The quantitative estimate of drug-likeness (QED) is 0.509. The number of carbonyl (C=O) groups is 2. The molecule has 0 aliphatic carbocycles. The third-order valence-electron chi connectivity index (χ3n) is 5.01. The minimum absolute atomic E-state index is 0.0667. The Morgan fingerprint density at radius 1 is 1.43 bits per heavy atom. The van der Waals surface area contributed by atoms with Gasteiger partial charge >= 0.3 is 11.9 Å². The maximum atomic E-state index is 14.4. The zero-order valence-corrected chi connectivity index (χ0v) is 17.3. The molecule has 0 amide bonds. The number of hydrogen-bond donors (Lipinski definition) is 2. The third kappa shape index (κ3) is 5.06. The number of carboxylic acid groups (broad SMARTS) is 1. The Hall–Kier alpha value is -2.72. The van der Waals surface area contributed by atoms with Gasteiger partial charge in [-0.1, -0.05) is 23.4 Å². The number of halogens is 1. The van der Waals surface area contributed by atoms with E-state index in [9.17, 15) is 14.0 Å². The van der Waals surface area contributed by atoms with Crippen LogP contribution in [0, 0.1) is 5.82 Å². The molecule has 2 atom stereocenters. The number of nitrogens with zero attached hydrogens (tertiary/aromatic N) is 4. The van der Waals surface area contributed by atoms with Gasteiger partial charge in [-0.15, -0.1) is 5.10 Å². The first-order valence-electron chi connectivity index (χ1n) is 9.45. The number of thiol groups is 1. The summed E-state index contributed by atoms with van der Waals surface area (Å²) < 4.78 is 20.9. The van der Waals surface area contributed by atoms with Crippen LogP contribution < -0.4 is 0 Å². The molecule has 0 radical (unpaired) electrons. The van der Waals surface area contributed by atoms with Gasteiger partial charge in [-0.25, -0.2) is 13.9 Å². The molecule has 0 bridgehead atoms. The number of hydrogen-bond acceptors (Lipinski definition) is 7. The van der Waals surface area contributed by atoms with Gasteiger partial charge in [0.1, 0.15) is 11.9 Å². The Morgan fingerprint density at radius 3 is 2.90 bits per heavy atom. The second kappa shape index (κ2) is 9.86. The van der Waals surface area contributed by atoms with Crippen LogP contribution >= 0.6 is 12.6 Å². The predicted octanol–water partition coefficient (Wildman–Crippen LogP) is 2.19. The third-order valence-corrected chi connectivity index (χ3v) is 5.60. The van der Waals surface area contributed by atoms with Crippen LogP contribution in [0.3, 0.4) is 0 Å². The molecule has 8 nitrogen and oxygen atoms in total.